The number of phosphoric acid groups is 2. The van der Waals surface area contributed by atoms with E-state index >= 15 is 0 Å². The third-order valence-corrected chi connectivity index (χ3v) is 19.3. The Morgan fingerprint density at radius 1 is 0.287 bits per heavy atom. The summed E-state index contributed by atoms with van der Waals surface area (Å²) in [5, 5.41) is 10.6. The Labute approximate surface area is 575 Å². The van der Waals surface area contributed by atoms with E-state index in [2.05, 4.69) is 48.5 Å². The van der Waals surface area contributed by atoms with Gasteiger partial charge in [0.2, 0.25) is 0 Å². The largest absolute Gasteiger partial charge is 0.472 e. The van der Waals surface area contributed by atoms with Gasteiger partial charge in [-0.15, -0.1) is 0 Å². The number of esters is 4. The number of ether oxygens (including phenoxy) is 4. The van der Waals surface area contributed by atoms with Crippen LogP contribution in [0, 0.1) is 17.8 Å². The van der Waals surface area contributed by atoms with Gasteiger partial charge in [-0.05, 0) is 43.4 Å². The molecule has 0 rings (SSSR count). The average Bonchev–Trinajstić information content (AvgIpc) is 1.22. The van der Waals surface area contributed by atoms with E-state index in [9.17, 15) is 43.2 Å². The molecule has 0 spiro atoms. The topological polar surface area (TPSA) is 237 Å². The Bertz CT molecular complexity index is 1840. The maximum Gasteiger partial charge on any atom is 0.472 e. The van der Waals surface area contributed by atoms with Gasteiger partial charge >= 0.3 is 39.5 Å². The predicted molar refractivity (Wildman–Crippen MR) is 381 cm³/mol. The van der Waals surface area contributed by atoms with Gasteiger partial charge in [0.1, 0.15) is 19.3 Å². The highest BCUT2D eigenvalue weighted by molar-refractivity contribution is 7.47. The van der Waals surface area contributed by atoms with Gasteiger partial charge in [-0.25, -0.2) is 9.13 Å². The van der Waals surface area contributed by atoms with Crippen LogP contribution in [0.5, 0.6) is 0 Å². The van der Waals surface area contributed by atoms with Crippen LogP contribution in [-0.4, -0.2) is 96.7 Å². The fraction of sp³-hybridized carbons (Fsp3) is 0.947. The number of aliphatic hydroxyl groups is 1. The maximum absolute atomic E-state index is 13.1. The van der Waals surface area contributed by atoms with Gasteiger partial charge in [0, 0.05) is 25.7 Å². The Kier molecular flexibility index (Phi) is 64.3. The van der Waals surface area contributed by atoms with Crippen LogP contribution in [0.15, 0.2) is 0 Å². The smallest absolute Gasteiger partial charge is 0.462 e. The van der Waals surface area contributed by atoms with Gasteiger partial charge in [0.25, 0.3) is 0 Å². The predicted octanol–water partition coefficient (Wildman–Crippen LogP) is 21.8. The van der Waals surface area contributed by atoms with Gasteiger partial charge in [-0.2, -0.15) is 0 Å². The maximum atomic E-state index is 13.1. The third kappa shape index (κ3) is 68.6. The van der Waals surface area contributed by atoms with Gasteiger partial charge in [0.05, 0.1) is 26.4 Å². The van der Waals surface area contributed by atoms with Crippen molar-refractivity contribution in [3.63, 3.8) is 0 Å². The molecule has 17 nitrogen and oxygen atoms in total. The summed E-state index contributed by atoms with van der Waals surface area (Å²) in [5.74, 6) is 0.207. The van der Waals surface area contributed by atoms with Crippen molar-refractivity contribution in [3.8, 4) is 0 Å². The molecule has 0 aromatic rings. The van der Waals surface area contributed by atoms with E-state index in [4.69, 9.17) is 37.0 Å². The lowest BCUT2D eigenvalue weighted by Gasteiger charge is -2.21. The molecule has 2 unspecified atom stereocenters. The second-order valence-electron chi connectivity index (χ2n) is 28.5. The van der Waals surface area contributed by atoms with E-state index in [0.29, 0.717) is 25.7 Å². The van der Waals surface area contributed by atoms with E-state index in [1.54, 1.807) is 0 Å². The molecule has 0 amide bonds. The Morgan fingerprint density at radius 3 is 0.723 bits per heavy atom. The molecule has 94 heavy (non-hydrogen) atoms. The van der Waals surface area contributed by atoms with Crippen LogP contribution in [-0.2, 0) is 65.4 Å². The molecule has 0 aromatic carbocycles. The van der Waals surface area contributed by atoms with Crippen LogP contribution in [0.25, 0.3) is 0 Å². The minimum atomic E-state index is -4.96. The average molecular weight is 1380 g/mol. The van der Waals surface area contributed by atoms with E-state index in [-0.39, 0.29) is 25.7 Å². The van der Waals surface area contributed by atoms with Crippen molar-refractivity contribution in [2.75, 3.05) is 39.6 Å². The van der Waals surface area contributed by atoms with E-state index < -0.39 is 97.5 Å². The zero-order chi connectivity index (χ0) is 69.4. The Hall–Kier alpha value is -1.94. The summed E-state index contributed by atoms with van der Waals surface area (Å²) in [6.07, 6.45) is 51.6. The van der Waals surface area contributed by atoms with E-state index in [0.717, 1.165) is 120 Å². The molecule has 0 saturated heterocycles. The first-order valence-electron chi connectivity index (χ1n) is 38.8. The van der Waals surface area contributed by atoms with E-state index in [1.165, 1.54) is 180 Å². The van der Waals surface area contributed by atoms with Crippen molar-refractivity contribution in [3.05, 3.63) is 0 Å². The first-order valence-corrected chi connectivity index (χ1v) is 41.8. The minimum Gasteiger partial charge on any atom is -0.462 e. The number of aliphatic hydroxyl groups excluding tert-OH is 1. The van der Waals surface area contributed by atoms with Gasteiger partial charge in [-0.1, -0.05) is 331 Å². The molecule has 0 aliphatic rings. The molecular weight excluding hydrogens is 1230 g/mol. The molecule has 0 aliphatic heterocycles. The van der Waals surface area contributed by atoms with Crippen molar-refractivity contribution in [2.24, 2.45) is 17.8 Å². The third-order valence-electron chi connectivity index (χ3n) is 17.4. The highest BCUT2D eigenvalue weighted by Crippen LogP contribution is 2.45. The second-order valence-corrected chi connectivity index (χ2v) is 31.4. The number of hydrogen-bond donors (Lipinski definition) is 3. The second kappa shape index (κ2) is 65.7. The first-order chi connectivity index (χ1) is 45.2. The number of unbranched alkanes of at least 4 members (excludes halogenated alkanes) is 41. The molecule has 0 bridgehead atoms. The van der Waals surface area contributed by atoms with Crippen molar-refractivity contribution < 1.29 is 80.2 Å². The molecule has 0 aromatic heterocycles. The van der Waals surface area contributed by atoms with Crippen LogP contribution < -0.4 is 0 Å². The molecule has 3 N–H and O–H groups in total. The van der Waals surface area contributed by atoms with Gasteiger partial charge in [0.15, 0.2) is 12.2 Å². The SMILES string of the molecule is CCCCCCCCCC(=O)OC[C@H](COP(=O)(O)OC[C@H](O)COP(=O)(O)OC[C@@H](COC(=O)CCCCCCCCCCCCC(C)C)OC(=O)CCCCCCCCCCCCCCCCCCCCC(C)C)OC(=O)CCCCCCCCCCCCC(C)C. The summed E-state index contributed by atoms with van der Waals surface area (Å²) < 4.78 is 68.4. The van der Waals surface area contributed by atoms with Crippen molar-refractivity contribution in [1.29, 1.82) is 0 Å². The number of carbonyl (C=O) groups is 4. The lowest BCUT2D eigenvalue weighted by Crippen LogP contribution is -2.30. The van der Waals surface area contributed by atoms with E-state index in [1.807, 2.05) is 0 Å². The molecule has 19 heteroatoms. The molecule has 0 fully saturated rings. The Morgan fingerprint density at radius 2 is 0.489 bits per heavy atom. The number of rotatable bonds is 73. The number of hydrogen-bond acceptors (Lipinski definition) is 15. The highest BCUT2D eigenvalue weighted by Gasteiger charge is 2.30. The summed E-state index contributed by atoms with van der Waals surface area (Å²) in [7, 11) is -9.90. The summed E-state index contributed by atoms with van der Waals surface area (Å²) >= 11 is 0. The van der Waals surface area contributed by atoms with Gasteiger partial charge < -0.3 is 33.8 Å². The highest BCUT2D eigenvalue weighted by atomic mass is 31.2. The van der Waals surface area contributed by atoms with Crippen LogP contribution >= 0.6 is 15.6 Å². The molecule has 0 heterocycles. The van der Waals surface area contributed by atoms with Crippen molar-refractivity contribution >= 4 is 39.5 Å². The monoisotopic (exact) mass is 1380 g/mol. The first kappa shape index (κ1) is 92.1. The van der Waals surface area contributed by atoms with Crippen LogP contribution in [0.1, 0.15) is 382 Å². The molecule has 0 saturated carbocycles. The zero-order valence-corrected chi connectivity index (χ0v) is 63.2. The van der Waals surface area contributed by atoms with Crippen molar-refractivity contribution in [2.45, 2.75) is 401 Å². The lowest BCUT2D eigenvalue weighted by molar-refractivity contribution is -0.161. The Balaban J connectivity index is 5.16. The van der Waals surface area contributed by atoms with Crippen molar-refractivity contribution in [1.82, 2.24) is 0 Å². The van der Waals surface area contributed by atoms with Crippen LogP contribution in [0.2, 0.25) is 0 Å². The molecule has 0 aliphatic carbocycles. The zero-order valence-electron chi connectivity index (χ0n) is 61.4. The summed E-state index contributed by atoms with van der Waals surface area (Å²) in [4.78, 5) is 72.6. The summed E-state index contributed by atoms with van der Waals surface area (Å²) in [6.45, 7) is 11.9. The van der Waals surface area contributed by atoms with Crippen LogP contribution in [0.4, 0.5) is 0 Å². The fourth-order valence-electron chi connectivity index (χ4n) is 11.4. The normalized spacial score (nSPS) is 14.1. The molecule has 5 atom stereocenters. The molecular formula is C75H146O17P2. The summed E-state index contributed by atoms with van der Waals surface area (Å²) in [5.41, 5.74) is 0. The minimum absolute atomic E-state index is 0.105. The molecule has 558 valence electrons. The van der Waals surface area contributed by atoms with Crippen LogP contribution in [0.3, 0.4) is 0 Å². The molecule has 0 radical (unpaired) electrons. The quantitative estimate of drug-likeness (QED) is 0.0222. The standard InChI is InChI=1S/C75H146O17P2/c1-8-9-10-11-32-42-49-56-72(77)85-62-70(91-75(80)59-52-45-38-31-25-23-28-35-41-48-55-68(6)7)64-89-93(81,82)87-60-69(76)61-88-94(83,84)90-65-71(63-86-73(78)57-50-43-36-29-24-22-27-34-40-47-54-67(4)5)92-74(79)58-51-44-37-30-21-19-17-15-13-12-14-16-18-20-26-33-39-46-53-66(2)3/h66-71,76H,8-65H2,1-7H3,(H,81,82)(H,83,84)/t69-,70+,71+/m0/s1. The fourth-order valence-corrected chi connectivity index (χ4v) is 13.0. The number of phosphoric ester groups is 2. The number of carbonyl (C=O) groups excluding carboxylic acids is 4. The summed E-state index contributed by atoms with van der Waals surface area (Å²) in [6, 6.07) is 0. The lowest BCUT2D eigenvalue weighted by atomic mass is 10.0. The van der Waals surface area contributed by atoms with Gasteiger partial charge in [-0.3, -0.25) is 37.3 Å².